The van der Waals surface area contributed by atoms with Gasteiger partial charge in [-0.05, 0) is 18.2 Å². The average Bonchev–Trinajstić information content (AvgIpc) is 3.06. The quantitative estimate of drug-likeness (QED) is 0.844. The van der Waals surface area contributed by atoms with Crippen LogP contribution in [0.4, 0.5) is 25.4 Å². The Bertz CT molecular complexity index is 699. The zero-order valence-corrected chi connectivity index (χ0v) is 13.8. The van der Waals surface area contributed by atoms with E-state index in [2.05, 4.69) is 15.3 Å². The van der Waals surface area contributed by atoms with E-state index in [0.717, 1.165) is 5.71 Å². The molecule has 0 aliphatic carbocycles. The molecule has 2 heterocycles. The number of benzene rings is 1. The van der Waals surface area contributed by atoms with E-state index >= 15 is 0 Å². The molecule has 25 heavy (non-hydrogen) atoms. The zero-order valence-electron chi connectivity index (χ0n) is 13.8. The highest BCUT2D eigenvalue weighted by Crippen LogP contribution is 2.28. The number of hydrogen-bond donors (Lipinski definition) is 1. The van der Waals surface area contributed by atoms with Gasteiger partial charge in [0.2, 0.25) is 0 Å². The molecule has 9 heteroatoms. The molecule has 1 aromatic rings. The van der Waals surface area contributed by atoms with Crippen molar-refractivity contribution in [3.63, 3.8) is 0 Å². The molecular weight excluding hydrogens is 331 g/mol. The van der Waals surface area contributed by atoms with Crippen LogP contribution in [-0.2, 0) is 9.47 Å². The van der Waals surface area contributed by atoms with Crippen molar-refractivity contribution in [3.05, 3.63) is 24.0 Å². The number of nitrogens with one attached hydrogen (secondary N) is 1. The molecule has 2 amide bonds. The summed E-state index contributed by atoms with van der Waals surface area (Å²) in [5, 5.41) is 3.99. The molecule has 0 bridgehead atoms. The number of carbonyl (C=O) groups is 2. The summed E-state index contributed by atoms with van der Waals surface area (Å²) in [6.45, 7) is 1.91. The molecule has 134 valence electrons. The van der Waals surface area contributed by atoms with Crippen molar-refractivity contribution < 1.29 is 23.5 Å². The van der Waals surface area contributed by atoms with E-state index in [9.17, 15) is 14.0 Å². The van der Waals surface area contributed by atoms with Gasteiger partial charge in [0.1, 0.15) is 12.4 Å². The zero-order chi connectivity index (χ0) is 17.8. The van der Waals surface area contributed by atoms with Crippen molar-refractivity contribution in [2.24, 2.45) is 5.10 Å². The van der Waals surface area contributed by atoms with E-state index < -0.39 is 12.2 Å². The van der Waals surface area contributed by atoms with Gasteiger partial charge in [-0.3, -0.25) is 4.90 Å². The third-order valence-electron chi connectivity index (χ3n) is 4.18. The van der Waals surface area contributed by atoms with Crippen molar-refractivity contribution in [2.45, 2.75) is 12.8 Å². The number of carbonyl (C=O) groups excluding carboxylic acids is 2. The van der Waals surface area contributed by atoms with Crippen LogP contribution in [0.1, 0.15) is 12.8 Å². The van der Waals surface area contributed by atoms with Gasteiger partial charge in [0.15, 0.2) is 0 Å². The monoisotopic (exact) mass is 350 g/mol. The van der Waals surface area contributed by atoms with Crippen molar-refractivity contribution in [3.8, 4) is 0 Å². The maximum Gasteiger partial charge on any atom is 0.427 e. The van der Waals surface area contributed by atoms with E-state index in [1.807, 2.05) is 4.90 Å². The summed E-state index contributed by atoms with van der Waals surface area (Å²) in [4.78, 5) is 25.9. The molecule has 2 saturated heterocycles. The first-order valence-corrected chi connectivity index (χ1v) is 7.96. The van der Waals surface area contributed by atoms with Crippen LogP contribution in [0.25, 0.3) is 0 Å². The van der Waals surface area contributed by atoms with E-state index in [4.69, 9.17) is 4.74 Å². The second-order valence-electron chi connectivity index (χ2n) is 5.67. The maximum atomic E-state index is 14.5. The lowest BCUT2D eigenvalue weighted by atomic mass is 10.1. The third kappa shape index (κ3) is 3.81. The lowest BCUT2D eigenvalue weighted by Crippen LogP contribution is -2.35. The largest absolute Gasteiger partial charge is 0.452 e. The summed E-state index contributed by atoms with van der Waals surface area (Å²) < 4.78 is 23.8. The van der Waals surface area contributed by atoms with Crippen molar-refractivity contribution in [1.29, 1.82) is 0 Å². The molecule has 0 aromatic heterocycles. The van der Waals surface area contributed by atoms with Crippen LogP contribution >= 0.6 is 0 Å². The topological polar surface area (TPSA) is 83.5 Å². The Morgan fingerprint density at radius 2 is 2.08 bits per heavy atom. The summed E-state index contributed by atoms with van der Waals surface area (Å²) >= 11 is 0. The average molecular weight is 350 g/mol. The van der Waals surface area contributed by atoms with Crippen LogP contribution < -0.4 is 15.2 Å². The van der Waals surface area contributed by atoms with Gasteiger partial charge in [0.05, 0.1) is 25.0 Å². The number of nitrogens with zero attached hydrogens (tertiary/aromatic N) is 3. The first-order chi connectivity index (χ1) is 12.1. The first-order valence-electron chi connectivity index (χ1n) is 7.96. The second-order valence-corrected chi connectivity index (χ2v) is 5.67. The number of amides is 2. The lowest BCUT2D eigenvalue weighted by Gasteiger charge is -2.30. The number of ether oxygens (including phenoxy) is 2. The molecule has 3 rings (SSSR count). The number of hydrazone groups is 1. The van der Waals surface area contributed by atoms with Crippen LogP contribution in [0.15, 0.2) is 23.3 Å². The molecule has 1 N–H and O–H groups in total. The molecule has 2 aliphatic rings. The third-order valence-corrected chi connectivity index (χ3v) is 4.18. The van der Waals surface area contributed by atoms with Crippen LogP contribution in [0.3, 0.4) is 0 Å². The normalized spacial score (nSPS) is 17.4. The van der Waals surface area contributed by atoms with Crippen molar-refractivity contribution >= 4 is 29.3 Å². The van der Waals surface area contributed by atoms with Gasteiger partial charge in [-0.2, -0.15) is 5.10 Å². The van der Waals surface area contributed by atoms with Gasteiger partial charge in [-0.25, -0.2) is 19.4 Å². The number of piperidine rings is 1. The van der Waals surface area contributed by atoms with Crippen LogP contribution in [0.5, 0.6) is 0 Å². The molecular formula is C16H19FN4O4. The Labute approximate surface area is 144 Å². The first kappa shape index (κ1) is 17.0. The van der Waals surface area contributed by atoms with E-state index in [-0.39, 0.29) is 5.82 Å². The summed E-state index contributed by atoms with van der Waals surface area (Å²) in [6, 6.07) is 4.74. The molecule has 2 fully saturated rings. The molecule has 1 aromatic carbocycles. The SMILES string of the molecule is COC(=O)NN=C1CCN(c2ccc(N3CCOC3=O)cc2F)CC1. The van der Waals surface area contributed by atoms with E-state index in [1.54, 1.807) is 12.1 Å². The van der Waals surface area contributed by atoms with Crippen LogP contribution in [0, 0.1) is 5.82 Å². The van der Waals surface area contributed by atoms with Gasteiger partial charge in [0, 0.05) is 31.6 Å². The maximum absolute atomic E-state index is 14.5. The predicted octanol–water partition coefficient (Wildman–Crippen LogP) is 2.09. The van der Waals surface area contributed by atoms with Gasteiger partial charge in [-0.15, -0.1) is 0 Å². The number of rotatable bonds is 3. The fourth-order valence-electron chi connectivity index (χ4n) is 2.84. The molecule has 0 atom stereocenters. The molecule has 2 aliphatic heterocycles. The highest BCUT2D eigenvalue weighted by molar-refractivity contribution is 5.90. The molecule has 0 radical (unpaired) electrons. The lowest BCUT2D eigenvalue weighted by molar-refractivity contribution is 0.171. The predicted molar refractivity (Wildman–Crippen MR) is 89.5 cm³/mol. The van der Waals surface area contributed by atoms with Crippen LogP contribution in [0.2, 0.25) is 0 Å². The summed E-state index contributed by atoms with van der Waals surface area (Å²) in [5.74, 6) is -0.384. The smallest absolute Gasteiger partial charge is 0.427 e. The van der Waals surface area contributed by atoms with Crippen molar-refractivity contribution in [1.82, 2.24) is 5.43 Å². The number of methoxy groups -OCH3 is 1. The summed E-state index contributed by atoms with van der Waals surface area (Å²) in [6.07, 6.45) is 0.161. The van der Waals surface area contributed by atoms with Gasteiger partial charge in [-0.1, -0.05) is 0 Å². The number of cyclic esters (lactones) is 1. The highest BCUT2D eigenvalue weighted by Gasteiger charge is 2.25. The Morgan fingerprint density at radius 3 is 2.68 bits per heavy atom. The summed E-state index contributed by atoms with van der Waals surface area (Å²) in [5.41, 5.74) is 4.10. The van der Waals surface area contributed by atoms with Gasteiger partial charge < -0.3 is 14.4 Å². The minimum absolute atomic E-state index is 0.316. The fourth-order valence-corrected chi connectivity index (χ4v) is 2.84. The molecule has 0 saturated carbocycles. The Morgan fingerprint density at radius 1 is 1.32 bits per heavy atom. The van der Waals surface area contributed by atoms with E-state index in [1.165, 1.54) is 18.1 Å². The minimum Gasteiger partial charge on any atom is -0.452 e. The minimum atomic E-state index is -0.614. The van der Waals surface area contributed by atoms with E-state index in [0.29, 0.717) is 50.5 Å². The number of anilines is 2. The summed E-state index contributed by atoms with van der Waals surface area (Å²) in [7, 11) is 1.27. The van der Waals surface area contributed by atoms with Gasteiger partial charge >= 0.3 is 12.2 Å². The molecule has 0 unspecified atom stereocenters. The van der Waals surface area contributed by atoms with Crippen LogP contribution in [-0.4, -0.2) is 51.2 Å². The number of halogens is 1. The molecule has 8 nitrogen and oxygen atoms in total. The number of hydrogen-bond acceptors (Lipinski definition) is 6. The van der Waals surface area contributed by atoms with Crippen molar-refractivity contribution in [2.75, 3.05) is 43.2 Å². The van der Waals surface area contributed by atoms with Gasteiger partial charge in [0.25, 0.3) is 0 Å². The Balaban J connectivity index is 1.63. The standard InChI is InChI=1S/C16H19FN4O4/c1-24-15(22)19-18-11-4-6-20(7-5-11)14-3-2-12(10-13(14)17)21-8-9-25-16(21)23/h2-3,10H,4-9H2,1H3,(H,19,22). The highest BCUT2D eigenvalue weighted by atomic mass is 19.1. The Kier molecular flexibility index (Phi) is 5.01. The second kappa shape index (κ2) is 7.37. The Hall–Kier alpha value is -2.84. The molecule has 0 spiro atoms. The fraction of sp³-hybridized carbons (Fsp3) is 0.438.